The van der Waals surface area contributed by atoms with E-state index in [1.807, 2.05) is 20.8 Å². The molecule has 1 aromatic rings. The third-order valence-corrected chi connectivity index (χ3v) is 2.99. The summed E-state index contributed by atoms with van der Waals surface area (Å²) in [4.78, 5) is 26.3. The van der Waals surface area contributed by atoms with Gasteiger partial charge in [-0.1, -0.05) is 12.1 Å². The Morgan fingerprint density at radius 1 is 1.20 bits per heavy atom. The second kappa shape index (κ2) is 9.45. The Labute approximate surface area is 147 Å². The number of carbonyl (C=O) groups is 1. The van der Waals surface area contributed by atoms with Crippen LogP contribution in [-0.4, -0.2) is 49.0 Å². The Morgan fingerprint density at radius 2 is 1.88 bits per heavy atom. The highest BCUT2D eigenvalue weighted by atomic mass is 16.6. The van der Waals surface area contributed by atoms with Gasteiger partial charge in [-0.05, 0) is 26.8 Å². The average Bonchev–Trinajstić information content (AvgIpc) is 2.52. The van der Waals surface area contributed by atoms with Crippen molar-refractivity contribution in [3.05, 3.63) is 34.4 Å². The number of aliphatic imine (C=N–C) groups is 1. The summed E-state index contributed by atoms with van der Waals surface area (Å²) in [6.07, 6.45) is 0. The molecular formula is C16H26N6O3. The van der Waals surface area contributed by atoms with Crippen LogP contribution in [0.2, 0.25) is 0 Å². The number of guanidine groups is 1. The predicted octanol–water partition coefficient (Wildman–Crippen LogP) is 1.09. The first-order chi connectivity index (χ1) is 11.7. The molecule has 0 saturated carbocycles. The maximum absolute atomic E-state index is 11.8. The van der Waals surface area contributed by atoms with Crippen molar-refractivity contribution in [2.45, 2.75) is 26.3 Å². The van der Waals surface area contributed by atoms with E-state index in [0.29, 0.717) is 24.7 Å². The minimum atomic E-state index is -0.427. The minimum absolute atomic E-state index is 0.0314. The number of hydrogen-bond acceptors (Lipinski definition) is 5. The van der Waals surface area contributed by atoms with Gasteiger partial charge in [0, 0.05) is 31.7 Å². The molecule has 1 rings (SSSR count). The van der Waals surface area contributed by atoms with Gasteiger partial charge in [0.25, 0.3) is 5.69 Å². The summed E-state index contributed by atoms with van der Waals surface area (Å²) in [6.45, 7) is 6.77. The molecule has 4 N–H and O–H groups in total. The molecule has 0 aliphatic carbocycles. The topological polar surface area (TPSA) is 121 Å². The Kier molecular flexibility index (Phi) is 7.64. The van der Waals surface area contributed by atoms with Crippen LogP contribution in [0.4, 0.5) is 11.4 Å². The molecule has 0 aliphatic rings. The lowest BCUT2D eigenvalue weighted by Crippen LogP contribution is -2.48. The van der Waals surface area contributed by atoms with E-state index in [4.69, 9.17) is 0 Å². The average molecular weight is 350 g/mol. The third-order valence-electron chi connectivity index (χ3n) is 2.99. The molecule has 1 aromatic carbocycles. The summed E-state index contributed by atoms with van der Waals surface area (Å²) in [6, 6.07) is 6.46. The van der Waals surface area contributed by atoms with E-state index in [0.717, 1.165) is 0 Å². The summed E-state index contributed by atoms with van der Waals surface area (Å²) >= 11 is 0. The zero-order valence-electron chi connectivity index (χ0n) is 15.0. The normalized spacial score (nSPS) is 11.6. The Morgan fingerprint density at radius 3 is 2.48 bits per heavy atom. The molecule has 9 heteroatoms. The largest absolute Gasteiger partial charge is 0.378 e. The number of anilines is 1. The number of carbonyl (C=O) groups excluding carboxylic acids is 1. The highest BCUT2D eigenvalue weighted by Gasteiger charge is 2.14. The zero-order valence-corrected chi connectivity index (χ0v) is 15.0. The first-order valence-electron chi connectivity index (χ1n) is 7.96. The first-order valence-corrected chi connectivity index (χ1v) is 7.96. The summed E-state index contributed by atoms with van der Waals surface area (Å²) in [5.41, 5.74) is 0.204. The van der Waals surface area contributed by atoms with Crippen LogP contribution in [0.1, 0.15) is 20.8 Å². The molecule has 138 valence electrons. The van der Waals surface area contributed by atoms with E-state index < -0.39 is 4.92 Å². The van der Waals surface area contributed by atoms with E-state index in [1.165, 1.54) is 6.07 Å². The van der Waals surface area contributed by atoms with Crippen LogP contribution in [0.5, 0.6) is 0 Å². The van der Waals surface area contributed by atoms with Gasteiger partial charge in [0.2, 0.25) is 5.91 Å². The molecule has 0 heterocycles. The van der Waals surface area contributed by atoms with Crippen molar-refractivity contribution >= 4 is 23.2 Å². The van der Waals surface area contributed by atoms with E-state index in [1.54, 1.807) is 25.2 Å². The zero-order chi connectivity index (χ0) is 18.9. The van der Waals surface area contributed by atoms with Crippen LogP contribution in [0.25, 0.3) is 0 Å². The van der Waals surface area contributed by atoms with Crippen LogP contribution in [0.15, 0.2) is 29.3 Å². The number of nitrogens with one attached hydrogen (secondary N) is 4. The van der Waals surface area contributed by atoms with Crippen molar-refractivity contribution in [2.24, 2.45) is 4.99 Å². The number of nitro benzene ring substituents is 1. The number of nitro groups is 1. The number of rotatable bonds is 7. The highest BCUT2D eigenvalue weighted by molar-refractivity contribution is 5.86. The molecule has 0 fully saturated rings. The first kappa shape index (κ1) is 20.2. The van der Waals surface area contributed by atoms with Gasteiger partial charge in [0.1, 0.15) is 5.69 Å². The van der Waals surface area contributed by atoms with Crippen molar-refractivity contribution in [1.29, 1.82) is 0 Å². The summed E-state index contributed by atoms with van der Waals surface area (Å²) in [5.74, 6) is 0.349. The van der Waals surface area contributed by atoms with E-state index in [-0.39, 0.29) is 23.7 Å². The molecular weight excluding hydrogens is 324 g/mol. The van der Waals surface area contributed by atoms with Crippen LogP contribution >= 0.6 is 0 Å². The highest BCUT2D eigenvalue weighted by Crippen LogP contribution is 2.22. The van der Waals surface area contributed by atoms with Gasteiger partial charge in [-0.25, -0.2) is 0 Å². The molecule has 25 heavy (non-hydrogen) atoms. The van der Waals surface area contributed by atoms with Crippen molar-refractivity contribution < 1.29 is 9.72 Å². The maximum atomic E-state index is 11.8. The van der Waals surface area contributed by atoms with Gasteiger partial charge in [-0.15, -0.1) is 0 Å². The lowest BCUT2D eigenvalue weighted by atomic mass is 10.1. The Bertz CT molecular complexity index is 625. The quantitative estimate of drug-likeness (QED) is 0.192. The molecule has 0 atom stereocenters. The summed E-state index contributed by atoms with van der Waals surface area (Å²) in [7, 11) is 1.60. The predicted molar refractivity (Wildman–Crippen MR) is 98.8 cm³/mol. The van der Waals surface area contributed by atoms with Gasteiger partial charge in [0.15, 0.2) is 5.96 Å². The lowest BCUT2D eigenvalue weighted by Gasteiger charge is -2.21. The fourth-order valence-electron chi connectivity index (χ4n) is 2.01. The molecule has 0 aromatic heterocycles. The number of benzene rings is 1. The van der Waals surface area contributed by atoms with Gasteiger partial charge in [0.05, 0.1) is 11.5 Å². The van der Waals surface area contributed by atoms with Crippen LogP contribution in [0, 0.1) is 10.1 Å². The second-order valence-corrected chi connectivity index (χ2v) is 6.35. The Balaban J connectivity index is 2.37. The van der Waals surface area contributed by atoms with E-state index in [9.17, 15) is 14.9 Å². The van der Waals surface area contributed by atoms with Crippen LogP contribution < -0.4 is 21.3 Å². The number of nitrogens with zero attached hydrogens (tertiary/aromatic N) is 2. The monoisotopic (exact) mass is 350 g/mol. The molecule has 0 unspecified atom stereocenters. The van der Waals surface area contributed by atoms with Gasteiger partial charge in [-0.3, -0.25) is 19.9 Å². The SMILES string of the molecule is CN=C(NCCNc1ccccc1[N+](=O)[O-])NCC(=O)NC(C)(C)C. The summed E-state index contributed by atoms with van der Waals surface area (Å²) < 4.78 is 0. The number of amides is 1. The fraction of sp³-hybridized carbons (Fsp3) is 0.500. The van der Waals surface area contributed by atoms with Crippen molar-refractivity contribution in [3.8, 4) is 0 Å². The Hall–Kier alpha value is -2.84. The van der Waals surface area contributed by atoms with E-state index in [2.05, 4.69) is 26.3 Å². The smallest absolute Gasteiger partial charge is 0.292 e. The molecule has 9 nitrogen and oxygen atoms in total. The summed E-state index contributed by atoms with van der Waals surface area (Å²) in [5, 5.41) is 22.7. The molecule has 0 saturated heterocycles. The van der Waals surface area contributed by atoms with Gasteiger partial charge >= 0.3 is 0 Å². The minimum Gasteiger partial charge on any atom is -0.378 e. The second-order valence-electron chi connectivity index (χ2n) is 6.35. The van der Waals surface area contributed by atoms with Crippen LogP contribution in [-0.2, 0) is 4.79 Å². The van der Waals surface area contributed by atoms with Crippen molar-refractivity contribution in [3.63, 3.8) is 0 Å². The molecule has 0 bridgehead atoms. The fourth-order valence-corrected chi connectivity index (χ4v) is 2.01. The number of para-hydroxylation sites is 2. The van der Waals surface area contributed by atoms with Gasteiger partial charge < -0.3 is 21.3 Å². The van der Waals surface area contributed by atoms with Gasteiger partial charge in [-0.2, -0.15) is 0 Å². The van der Waals surface area contributed by atoms with E-state index >= 15 is 0 Å². The third kappa shape index (κ3) is 8.00. The molecule has 0 radical (unpaired) electrons. The molecule has 1 amide bonds. The standard InChI is InChI=1S/C16H26N6O3/c1-16(2,3)21-14(23)11-20-15(17-4)19-10-9-18-12-7-5-6-8-13(12)22(24)25/h5-8,18H,9-11H2,1-4H3,(H,21,23)(H2,17,19,20). The van der Waals surface area contributed by atoms with Crippen molar-refractivity contribution in [1.82, 2.24) is 16.0 Å². The molecule has 0 spiro atoms. The van der Waals surface area contributed by atoms with Crippen LogP contribution in [0.3, 0.4) is 0 Å². The van der Waals surface area contributed by atoms with Crippen molar-refractivity contribution in [2.75, 3.05) is 32.0 Å². The lowest BCUT2D eigenvalue weighted by molar-refractivity contribution is -0.384. The number of hydrogen-bond donors (Lipinski definition) is 4. The molecule has 0 aliphatic heterocycles. The maximum Gasteiger partial charge on any atom is 0.292 e.